The largest absolute Gasteiger partial charge is 0.417 e. The molecule has 0 aliphatic heterocycles. The highest BCUT2D eigenvalue weighted by molar-refractivity contribution is 6.74. The maximum absolute atomic E-state index is 12.6. The van der Waals surface area contributed by atoms with Crippen LogP contribution in [0, 0.1) is 5.41 Å². The van der Waals surface area contributed by atoms with Crippen molar-refractivity contribution in [1.82, 2.24) is 0 Å². The quantitative estimate of drug-likeness (QED) is 0.398. The lowest BCUT2D eigenvalue weighted by molar-refractivity contribution is -0.132. The molecular weight excluding hydrogens is 356 g/mol. The molecule has 0 N–H and O–H groups in total. The van der Waals surface area contributed by atoms with E-state index < -0.39 is 22.0 Å². The number of Topliss-reactive ketones (excluding diaryl/α,β-unsaturated/α-hetero) is 1. The highest BCUT2D eigenvalue weighted by Gasteiger charge is 2.45. The molecule has 26 heavy (non-hydrogen) atoms. The van der Waals surface area contributed by atoms with Crippen molar-refractivity contribution in [2.45, 2.75) is 118 Å². The Bertz CT molecular complexity index is 469. The van der Waals surface area contributed by atoms with Gasteiger partial charge in [0.2, 0.25) is 0 Å². The van der Waals surface area contributed by atoms with E-state index in [1.54, 1.807) is 0 Å². The van der Waals surface area contributed by atoms with Crippen molar-refractivity contribution in [1.29, 1.82) is 0 Å². The van der Waals surface area contributed by atoms with Crippen molar-refractivity contribution < 1.29 is 13.6 Å². The van der Waals surface area contributed by atoms with Gasteiger partial charge in [-0.3, -0.25) is 4.79 Å². The van der Waals surface area contributed by atoms with Crippen LogP contribution in [-0.2, 0) is 13.6 Å². The summed E-state index contributed by atoms with van der Waals surface area (Å²) in [6.45, 7) is 29.3. The molecule has 0 fully saturated rings. The van der Waals surface area contributed by atoms with Gasteiger partial charge in [-0.15, -0.1) is 0 Å². The Balaban J connectivity index is 5.41. The van der Waals surface area contributed by atoms with E-state index in [0.29, 0.717) is 13.0 Å². The van der Waals surface area contributed by atoms with Crippen LogP contribution >= 0.6 is 0 Å². The lowest BCUT2D eigenvalue weighted by atomic mass is 9.80. The van der Waals surface area contributed by atoms with Crippen molar-refractivity contribution in [2.24, 2.45) is 5.41 Å². The van der Waals surface area contributed by atoms with Gasteiger partial charge in [0.05, 0.1) is 6.10 Å². The van der Waals surface area contributed by atoms with Gasteiger partial charge in [0.15, 0.2) is 16.6 Å². The molecule has 0 saturated heterocycles. The van der Waals surface area contributed by atoms with Gasteiger partial charge in [0, 0.05) is 18.4 Å². The molecule has 0 spiro atoms. The van der Waals surface area contributed by atoms with Gasteiger partial charge in [-0.25, -0.2) is 0 Å². The predicted molar refractivity (Wildman–Crippen MR) is 119 cm³/mol. The van der Waals surface area contributed by atoms with Gasteiger partial charge < -0.3 is 8.85 Å². The molecule has 0 bridgehead atoms. The third kappa shape index (κ3) is 6.57. The molecule has 0 amide bonds. The Morgan fingerprint density at radius 3 is 1.62 bits per heavy atom. The van der Waals surface area contributed by atoms with Gasteiger partial charge in [-0.2, -0.15) is 0 Å². The van der Waals surface area contributed by atoms with Crippen molar-refractivity contribution in [3.63, 3.8) is 0 Å². The van der Waals surface area contributed by atoms with Gasteiger partial charge in [0.25, 0.3) is 0 Å². The zero-order valence-corrected chi connectivity index (χ0v) is 21.9. The van der Waals surface area contributed by atoms with Gasteiger partial charge in [-0.1, -0.05) is 62.3 Å². The monoisotopic (exact) mass is 402 g/mol. The van der Waals surface area contributed by atoms with Crippen molar-refractivity contribution in [2.75, 3.05) is 6.61 Å². The topological polar surface area (TPSA) is 35.5 Å². The number of carbonyl (C=O) groups excluding carboxylic acids is 1. The standard InChI is InChI=1S/C21H46O3Si2/c1-14-17(22)21(8,9)18(24-26(12,13)20(5,6)7)15-16-23-25(10,11)19(2,3)4/h18H,14-16H2,1-13H3. The number of carbonyl (C=O) groups is 1. The van der Waals surface area contributed by atoms with E-state index in [1.165, 1.54) is 0 Å². The fraction of sp³-hybridized carbons (Fsp3) is 0.952. The Labute approximate surface area is 165 Å². The highest BCUT2D eigenvalue weighted by atomic mass is 28.4. The zero-order chi connectivity index (χ0) is 21.2. The van der Waals surface area contributed by atoms with Crippen LogP contribution in [0.15, 0.2) is 0 Å². The Morgan fingerprint density at radius 2 is 1.27 bits per heavy atom. The maximum atomic E-state index is 12.6. The molecule has 1 unspecified atom stereocenters. The summed E-state index contributed by atoms with van der Waals surface area (Å²) >= 11 is 0. The van der Waals surface area contributed by atoms with Gasteiger partial charge in [0.1, 0.15) is 5.78 Å². The molecule has 0 heterocycles. The first kappa shape index (κ1) is 26.0. The van der Waals surface area contributed by atoms with Crippen LogP contribution in [-0.4, -0.2) is 35.1 Å². The first-order chi connectivity index (χ1) is 11.3. The average Bonchev–Trinajstić information content (AvgIpc) is 2.42. The second-order valence-electron chi connectivity index (χ2n) is 11.3. The molecule has 0 saturated carbocycles. The molecule has 0 aromatic carbocycles. The van der Waals surface area contributed by atoms with E-state index in [1.807, 2.05) is 20.8 Å². The van der Waals surface area contributed by atoms with E-state index in [-0.39, 0.29) is 22.0 Å². The van der Waals surface area contributed by atoms with Crippen LogP contribution in [0.1, 0.15) is 75.2 Å². The zero-order valence-electron chi connectivity index (χ0n) is 19.9. The molecule has 3 nitrogen and oxygen atoms in total. The predicted octanol–water partition coefficient (Wildman–Crippen LogP) is 6.79. The van der Waals surface area contributed by atoms with E-state index in [2.05, 4.69) is 67.7 Å². The maximum Gasteiger partial charge on any atom is 0.192 e. The van der Waals surface area contributed by atoms with Crippen molar-refractivity contribution in [3.8, 4) is 0 Å². The summed E-state index contributed by atoms with van der Waals surface area (Å²) < 4.78 is 13.1. The van der Waals surface area contributed by atoms with E-state index in [0.717, 1.165) is 6.42 Å². The molecule has 1 atom stereocenters. The van der Waals surface area contributed by atoms with E-state index in [4.69, 9.17) is 8.85 Å². The fourth-order valence-electron chi connectivity index (χ4n) is 2.37. The van der Waals surface area contributed by atoms with Crippen LogP contribution in [0.4, 0.5) is 0 Å². The molecule has 0 aliphatic carbocycles. The molecule has 0 rings (SSSR count). The second-order valence-corrected chi connectivity index (χ2v) is 20.8. The summed E-state index contributed by atoms with van der Waals surface area (Å²) in [4.78, 5) is 12.6. The Kier molecular flexibility index (Phi) is 8.59. The minimum absolute atomic E-state index is 0.0967. The lowest BCUT2D eigenvalue weighted by Crippen LogP contribution is -2.50. The minimum atomic E-state index is -1.97. The third-order valence-electron chi connectivity index (χ3n) is 6.74. The van der Waals surface area contributed by atoms with E-state index >= 15 is 0 Å². The van der Waals surface area contributed by atoms with Crippen LogP contribution in [0.3, 0.4) is 0 Å². The number of ketones is 1. The fourth-order valence-corrected chi connectivity index (χ4v) is 4.91. The Morgan fingerprint density at radius 1 is 0.846 bits per heavy atom. The lowest BCUT2D eigenvalue weighted by Gasteiger charge is -2.44. The molecular formula is C21H46O3Si2. The number of hydrogen-bond donors (Lipinski definition) is 0. The van der Waals surface area contributed by atoms with Gasteiger partial charge in [-0.05, 0) is 42.7 Å². The SMILES string of the molecule is CCC(=O)C(C)(C)C(CCO[Si](C)(C)C(C)(C)C)O[Si](C)(C)C(C)(C)C. The summed E-state index contributed by atoms with van der Waals surface area (Å²) in [5.41, 5.74) is -0.485. The summed E-state index contributed by atoms with van der Waals surface area (Å²) in [6, 6.07) is 0. The molecule has 5 heteroatoms. The van der Waals surface area contributed by atoms with Crippen LogP contribution in [0.5, 0.6) is 0 Å². The average molecular weight is 403 g/mol. The van der Waals surface area contributed by atoms with Crippen LogP contribution < -0.4 is 0 Å². The molecule has 0 aliphatic rings. The van der Waals surface area contributed by atoms with Crippen LogP contribution in [0.25, 0.3) is 0 Å². The van der Waals surface area contributed by atoms with Crippen LogP contribution in [0.2, 0.25) is 36.3 Å². The summed E-state index contributed by atoms with van der Waals surface area (Å²) in [7, 11) is -3.76. The number of hydrogen-bond acceptors (Lipinski definition) is 3. The second kappa shape index (κ2) is 8.58. The molecule has 0 aromatic rings. The summed E-state index contributed by atoms with van der Waals surface area (Å²) in [6.07, 6.45) is 1.23. The smallest absolute Gasteiger partial charge is 0.192 e. The Hall–Kier alpha value is 0.0238. The minimum Gasteiger partial charge on any atom is -0.417 e. The molecule has 0 radical (unpaired) electrons. The summed E-state index contributed by atoms with van der Waals surface area (Å²) in [5.74, 6) is 0.272. The normalized spacial score (nSPS) is 15.9. The highest BCUT2D eigenvalue weighted by Crippen LogP contribution is 2.41. The first-order valence-electron chi connectivity index (χ1n) is 10.1. The van der Waals surface area contributed by atoms with Gasteiger partial charge >= 0.3 is 0 Å². The third-order valence-corrected chi connectivity index (χ3v) is 15.8. The van der Waals surface area contributed by atoms with Crippen molar-refractivity contribution >= 4 is 22.4 Å². The summed E-state index contributed by atoms with van der Waals surface area (Å²) in [5, 5.41) is 0.314. The number of rotatable bonds is 9. The molecule has 156 valence electrons. The van der Waals surface area contributed by atoms with Crippen molar-refractivity contribution in [3.05, 3.63) is 0 Å². The first-order valence-corrected chi connectivity index (χ1v) is 16.0. The van der Waals surface area contributed by atoms with E-state index in [9.17, 15) is 4.79 Å². The molecule has 0 aromatic heterocycles.